The van der Waals surface area contributed by atoms with Crippen LogP contribution in [-0.4, -0.2) is 24.1 Å². The van der Waals surface area contributed by atoms with Gasteiger partial charge >= 0.3 is 6.09 Å². The third-order valence-corrected chi connectivity index (χ3v) is 3.48. The van der Waals surface area contributed by atoms with Crippen molar-refractivity contribution < 1.29 is 14.3 Å². The molecule has 0 saturated heterocycles. The molecule has 6 heteroatoms. The van der Waals surface area contributed by atoms with Crippen LogP contribution in [-0.2, 0) is 9.53 Å². The number of amides is 2. The maximum atomic E-state index is 12.0. The molecule has 0 aliphatic carbocycles. The molecule has 0 heterocycles. The van der Waals surface area contributed by atoms with E-state index >= 15 is 0 Å². The normalized spacial score (nSPS) is 10.8. The van der Waals surface area contributed by atoms with Crippen LogP contribution >= 0.6 is 0 Å². The van der Waals surface area contributed by atoms with Crippen LogP contribution in [0.25, 0.3) is 0 Å². The summed E-state index contributed by atoms with van der Waals surface area (Å²) >= 11 is 0. The Morgan fingerprint density at radius 3 is 2.11 bits per heavy atom. The minimum absolute atomic E-state index is 0.0928. The van der Waals surface area contributed by atoms with E-state index in [1.54, 1.807) is 20.8 Å². The fourth-order valence-corrected chi connectivity index (χ4v) is 2.30. The zero-order valence-electron chi connectivity index (χ0n) is 16.0. The van der Waals surface area contributed by atoms with Gasteiger partial charge in [-0.1, -0.05) is 18.2 Å². The van der Waals surface area contributed by atoms with E-state index in [1.807, 2.05) is 54.6 Å². The summed E-state index contributed by atoms with van der Waals surface area (Å²) < 4.78 is 5.14. The van der Waals surface area contributed by atoms with Gasteiger partial charge in [0.25, 0.3) is 0 Å². The Balaban J connectivity index is 1.69. The van der Waals surface area contributed by atoms with E-state index in [0.717, 1.165) is 17.1 Å². The van der Waals surface area contributed by atoms with Crippen LogP contribution in [0.1, 0.15) is 33.6 Å². The van der Waals surface area contributed by atoms with Gasteiger partial charge in [-0.25, -0.2) is 4.79 Å². The van der Waals surface area contributed by atoms with Gasteiger partial charge < -0.3 is 20.7 Å². The van der Waals surface area contributed by atoms with E-state index in [9.17, 15) is 9.59 Å². The molecule has 0 aliphatic rings. The van der Waals surface area contributed by atoms with Gasteiger partial charge in [0.05, 0.1) is 0 Å². The molecule has 0 spiro atoms. The lowest BCUT2D eigenvalue weighted by molar-refractivity contribution is -0.116. The zero-order chi connectivity index (χ0) is 19.7. The lowest BCUT2D eigenvalue weighted by atomic mass is 10.2. The third kappa shape index (κ3) is 8.27. The first-order chi connectivity index (χ1) is 12.8. The maximum Gasteiger partial charge on any atom is 0.407 e. The van der Waals surface area contributed by atoms with Gasteiger partial charge in [-0.3, -0.25) is 4.79 Å². The van der Waals surface area contributed by atoms with Crippen molar-refractivity contribution in [1.29, 1.82) is 0 Å². The molecular weight excluding hydrogens is 342 g/mol. The molecule has 3 N–H and O–H groups in total. The zero-order valence-corrected chi connectivity index (χ0v) is 16.0. The fourth-order valence-electron chi connectivity index (χ4n) is 2.30. The Labute approximate surface area is 160 Å². The number of rotatable bonds is 7. The van der Waals surface area contributed by atoms with E-state index in [4.69, 9.17) is 4.74 Å². The van der Waals surface area contributed by atoms with Crippen LogP contribution in [0.2, 0.25) is 0 Å². The second-order valence-electron chi connectivity index (χ2n) is 7.15. The standard InChI is InChI=1S/C21H27N3O3/c1-21(2,3)27-20(26)22-15-7-10-19(25)24-18-13-11-17(12-14-18)23-16-8-5-4-6-9-16/h4-6,8-9,11-14,23H,7,10,15H2,1-3H3,(H,22,26)(H,24,25). The van der Waals surface area contributed by atoms with Gasteiger partial charge in [0, 0.05) is 30.0 Å². The largest absolute Gasteiger partial charge is 0.444 e. The summed E-state index contributed by atoms with van der Waals surface area (Å²) in [6.07, 6.45) is 0.392. The first-order valence-corrected chi connectivity index (χ1v) is 9.01. The van der Waals surface area contributed by atoms with Crippen molar-refractivity contribution in [2.24, 2.45) is 0 Å². The summed E-state index contributed by atoms with van der Waals surface area (Å²) in [5.74, 6) is -0.0928. The molecule has 0 atom stereocenters. The summed E-state index contributed by atoms with van der Waals surface area (Å²) in [4.78, 5) is 23.5. The summed E-state index contributed by atoms with van der Waals surface area (Å²) in [6.45, 7) is 5.81. The number of carbonyl (C=O) groups excluding carboxylic acids is 2. The minimum atomic E-state index is -0.525. The highest BCUT2D eigenvalue weighted by Gasteiger charge is 2.15. The first-order valence-electron chi connectivity index (χ1n) is 9.01. The van der Waals surface area contributed by atoms with Gasteiger partial charge in [-0.05, 0) is 63.6 Å². The fraction of sp³-hybridized carbons (Fsp3) is 0.333. The summed E-state index contributed by atoms with van der Waals surface area (Å²) in [5.41, 5.74) is 2.16. The highest BCUT2D eigenvalue weighted by atomic mass is 16.6. The number of hydrogen-bond acceptors (Lipinski definition) is 4. The van der Waals surface area contributed by atoms with Gasteiger partial charge in [-0.15, -0.1) is 0 Å². The Bertz CT molecular complexity index is 738. The van der Waals surface area contributed by atoms with Crippen LogP contribution in [0.15, 0.2) is 54.6 Å². The molecule has 0 aromatic heterocycles. The average molecular weight is 369 g/mol. The van der Waals surface area contributed by atoms with E-state index in [1.165, 1.54) is 0 Å². The van der Waals surface area contributed by atoms with E-state index in [2.05, 4.69) is 16.0 Å². The number of ether oxygens (including phenoxy) is 1. The number of para-hydroxylation sites is 1. The third-order valence-electron chi connectivity index (χ3n) is 3.48. The van der Waals surface area contributed by atoms with Gasteiger partial charge in [0.2, 0.25) is 5.91 Å². The topological polar surface area (TPSA) is 79.5 Å². The molecule has 0 aliphatic heterocycles. The molecule has 0 fully saturated rings. The highest BCUT2D eigenvalue weighted by Crippen LogP contribution is 2.18. The van der Waals surface area contributed by atoms with Crippen molar-refractivity contribution in [3.8, 4) is 0 Å². The van der Waals surface area contributed by atoms with Crippen molar-refractivity contribution >= 4 is 29.1 Å². The highest BCUT2D eigenvalue weighted by molar-refractivity contribution is 5.90. The van der Waals surface area contributed by atoms with Crippen LogP contribution in [0.4, 0.5) is 21.9 Å². The van der Waals surface area contributed by atoms with Crippen LogP contribution in [0.3, 0.4) is 0 Å². The van der Waals surface area contributed by atoms with E-state index in [-0.39, 0.29) is 5.91 Å². The van der Waals surface area contributed by atoms with Crippen LogP contribution in [0.5, 0.6) is 0 Å². The lowest BCUT2D eigenvalue weighted by Gasteiger charge is -2.19. The van der Waals surface area contributed by atoms with Crippen LogP contribution < -0.4 is 16.0 Å². The molecule has 0 radical (unpaired) electrons. The number of benzene rings is 2. The molecule has 0 unspecified atom stereocenters. The molecule has 144 valence electrons. The van der Waals surface area contributed by atoms with Gasteiger partial charge in [-0.2, -0.15) is 0 Å². The molecule has 2 amide bonds. The summed E-state index contributed by atoms with van der Waals surface area (Å²) in [5, 5.41) is 8.78. The van der Waals surface area contributed by atoms with Crippen molar-refractivity contribution in [2.75, 3.05) is 17.2 Å². The summed E-state index contributed by atoms with van der Waals surface area (Å²) in [6, 6.07) is 17.4. The predicted molar refractivity (Wildman–Crippen MR) is 108 cm³/mol. The molecule has 2 rings (SSSR count). The Kier molecular flexibility index (Phi) is 7.23. The lowest BCUT2D eigenvalue weighted by Crippen LogP contribution is -2.33. The number of nitrogens with one attached hydrogen (secondary N) is 3. The number of hydrogen-bond donors (Lipinski definition) is 3. The van der Waals surface area contributed by atoms with Gasteiger partial charge in [0.15, 0.2) is 0 Å². The SMILES string of the molecule is CC(C)(C)OC(=O)NCCCC(=O)Nc1ccc(Nc2ccccc2)cc1. The van der Waals surface area contributed by atoms with Crippen molar-refractivity contribution in [2.45, 2.75) is 39.2 Å². The molecule has 0 bridgehead atoms. The van der Waals surface area contributed by atoms with Crippen LogP contribution in [0, 0.1) is 0 Å². The van der Waals surface area contributed by atoms with E-state index < -0.39 is 11.7 Å². The molecule has 2 aromatic carbocycles. The molecule has 2 aromatic rings. The van der Waals surface area contributed by atoms with Crippen molar-refractivity contribution in [3.05, 3.63) is 54.6 Å². The monoisotopic (exact) mass is 369 g/mol. The quantitative estimate of drug-likeness (QED) is 0.620. The van der Waals surface area contributed by atoms with Crippen molar-refractivity contribution in [1.82, 2.24) is 5.32 Å². The first kappa shape index (κ1) is 20.3. The van der Waals surface area contributed by atoms with Gasteiger partial charge in [0.1, 0.15) is 5.60 Å². The minimum Gasteiger partial charge on any atom is -0.444 e. The molecular formula is C21H27N3O3. The Morgan fingerprint density at radius 1 is 0.889 bits per heavy atom. The molecule has 6 nitrogen and oxygen atoms in total. The predicted octanol–water partition coefficient (Wildman–Crippen LogP) is 4.67. The summed E-state index contributed by atoms with van der Waals surface area (Å²) in [7, 11) is 0. The van der Waals surface area contributed by atoms with Crippen molar-refractivity contribution in [3.63, 3.8) is 0 Å². The Hall–Kier alpha value is -3.02. The Morgan fingerprint density at radius 2 is 1.48 bits per heavy atom. The molecule has 0 saturated carbocycles. The number of carbonyl (C=O) groups is 2. The number of alkyl carbamates (subject to hydrolysis) is 1. The number of anilines is 3. The smallest absolute Gasteiger partial charge is 0.407 e. The second kappa shape index (κ2) is 9.62. The second-order valence-corrected chi connectivity index (χ2v) is 7.15. The van der Waals surface area contributed by atoms with E-state index in [0.29, 0.717) is 19.4 Å². The average Bonchev–Trinajstić information content (AvgIpc) is 2.60. The maximum absolute atomic E-state index is 12.0. The molecule has 27 heavy (non-hydrogen) atoms.